The predicted molar refractivity (Wildman–Crippen MR) is 263 cm³/mol. The van der Waals surface area contributed by atoms with E-state index < -0.39 is 0 Å². The Bertz CT molecular complexity index is 2830. The maximum absolute atomic E-state index is 2.63. The van der Waals surface area contributed by atoms with Crippen LogP contribution in [0.25, 0.3) is 21.2 Å². The summed E-state index contributed by atoms with van der Waals surface area (Å²) in [7, 11) is 0. The summed E-state index contributed by atoms with van der Waals surface area (Å²) in [6, 6.07) is 45.8. The van der Waals surface area contributed by atoms with Crippen LogP contribution in [0.2, 0.25) is 0 Å². The molecule has 0 amide bonds. The quantitative estimate of drug-likeness (QED) is 0.155. The number of hydrogen-bond donors (Lipinski definition) is 0. The normalized spacial score (nSPS) is 14.7. The summed E-state index contributed by atoms with van der Waals surface area (Å²) in [6.07, 6.45) is 5.69. The van der Waals surface area contributed by atoms with Gasteiger partial charge < -0.3 is 9.80 Å². The molecule has 0 N–H and O–H groups in total. The third kappa shape index (κ3) is 6.19. The predicted octanol–water partition coefficient (Wildman–Crippen LogP) is 14.0. The fourth-order valence-electron chi connectivity index (χ4n) is 10.1. The van der Waals surface area contributed by atoms with Gasteiger partial charge in [0.05, 0.1) is 11.4 Å². The first-order valence-corrected chi connectivity index (χ1v) is 23.3. The van der Waals surface area contributed by atoms with E-state index in [1.54, 1.807) is 0 Å². The zero-order chi connectivity index (χ0) is 41.9. The molecule has 0 saturated carbocycles. The van der Waals surface area contributed by atoms with E-state index in [4.69, 9.17) is 0 Å². The summed E-state index contributed by atoms with van der Waals surface area (Å²) in [5, 5.41) is 1.35. The minimum Gasteiger partial charge on any atom is -0.311 e. The Kier molecular flexibility index (Phi) is 9.12. The molecule has 0 atom stereocenters. The van der Waals surface area contributed by atoms with Crippen molar-refractivity contribution < 1.29 is 0 Å². The number of benzene rings is 6. The van der Waals surface area contributed by atoms with Crippen molar-refractivity contribution in [2.75, 3.05) is 9.80 Å². The highest BCUT2D eigenvalue weighted by Crippen LogP contribution is 2.50. The second-order valence-corrected chi connectivity index (χ2v) is 21.5. The Balaban J connectivity index is 1.27. The standard InChI is InChI=1S/C56H59BN2S/c1-11-35-19-28-47-45(31-35)57-51-48(17-14-18-49(51)59(47)46-29-24-40(54(3,4)5)33-43(46)38-21-20-36-15-13-16-37(36)32-38)58(42-26-22-39(23-27-42)56(9,10)12-2)52-44-34-41(55(6,7)8)25-30-50(44)60-53(52)57/h14,17-34H,11-13,15-16H2,1-10H3. The zero-order valence-corrected chi connectivity index (χ0v) is 38.2. The number of rotatable bonds is 6. The first kappa shape index (κ1) is 39.1. The van der Waals surface area contributed by atoms with Crippen LogP contribution in [0.5, 0.6) is 0 Å². The Morgan fingerprint density at radius 2 is 1.27 bits per heavy atom. The van der Waals surface area contributed by atoms with Gasteiger partial charge in [-0.15, -0.1) is 11.3 Å². The van der Waals surface area contributed by atoms with Crippen molar-refractivity contribution in [2.45, 2.75) is 118 Å². The van der Waals surface area contributed by atoms with Gasteiger partial charge in [0.25, 0.3) is 6.71 Å². The SMILES string of the molecule is CCc1ccc2c(c1)B1c3sc4ccc(C(C)(C)C)cc4c3N(c3ccc(C(C)(C)CC)cc3)c3cccc(c31)N2c1ccc(C(C)(C)C)cc1-c1ccc2c(c1)CCC2. The molecule has 7 aromatic rings. The highest BCUT2D eigenvalue weighted by molar-refractivity contribution is 7.33. The molecule has 2 aliphatic heterocycles. The van der Waals surface area contributed by atoms with Crippen LogP contribution >= 0.6 is 11.3 Å². The third-order valence-corrected chi connectivity index (χ3v) is 15.5. The first-order valence-electron chi connectivity index (χ1n) is 22.5. The highest BCUT2D eigenvalue weighted by Gasteiger charge is 2.45. The monoisotopic (exact) mass is 802 g/mol. The Morgan fingerprint density at radius 1 is 0.600 bits per heavy atom. The van der Waals surface area contributed by atoms with Gasteiger partial charge in [0.15, 0.2) is 0 Å². The van der Waals surface area contributed by atoms with Crippen LogP contribution in [0.1, 0.15) is 115 Å². The molecule has 4 heteroatoms. The molecular weight excluding hydrogens is 744 g/mol. The lowest BCUT2D eigenvalue weighted by Crippen LogP contribution is -2.60. The topological polar surface area (TPSA) is 6.48 Å². The van der Waals surface area contributed by atoms with Crippen molar-refractivity contribution in [2.24, 2.45) is 0 Å². The Hall–Kier alpha value is -5.06. The third-order valence-electron chi connectivity index (χ3n) is 14.2. The molecule has 3 heterocycles. The minimum absolute atomic E-state index is 0.0175. The van der Waals surface area contributed by atoms with E-state index >= 15 is 0 Å². The van der Waals surface area contributed by atoms with E-state index in [9.17, 15) is 0 Å². The summed E-state index contributed by atoms with van der Waals surface area (Å²) >= 11 is 2.00. The Morgan fingerprint density at radius 3 is 1.98 bits per heavy atom. The van der Waals surface area contributed by atoms with Crippen LogP contribution in [-0.2, 0) is 35.5 Å². The number of nitrogens with zero attached hydrogens (tertiary/aromatic N) is 2. The molecule has 1 aromatic heterocycles. The van der Waals surface area contributed by atoms with Gasteiger partial charge in [-0.25, -0.2) is 0 Å². The van der Waals surface area contributed by atoms with Gasteiger partial charge in [-0.3, -0.25) is 0 Å². The summed E-state index contributed by atoms with van der Waals surface area (Å²) in [6.45, 7) is 23.5. The lowest BCUT2D eigenvalue weighted by atomic mass is 9.36. The van der Waals surface area contributed by atoms with Crippen LogP contribution in [0.3, 0.4) is 0 Å². The Labute approximate surface area is 363 Å². The maximum Gasteiger partial charge on any atom is 0.264 e. The van der Waals surface area contributed by atoms with Gasteiger partial charge >= 0.3 is 0 Å². The summed E-state index contributed by atoms with van der Waals surface area (Å²) in [4.78, 5) is 5.25. The minimum atomic E-state index is 0.0175. The molecule has 0 saturated heterocycles. The van der Waals surface area contributed by atoms with Crippen LogP contribution < -0.4 is 25.5 Å². The van der Waals surface area contributed by atoms with E-state index in [1.165, 1.54) is 124 Å². The second kappa shape index (κ2) is 14.0. The summed E-state index contributed by atoms with van der Waals surface area (Å²) < 4.78 is 2.79. The number of anilines is 6. The van der Waals surface area contributed by atoms with Crippen molar-refractivity contribution in [1.29, 1.82) is 0 Å². The van der Waals surface area contributed by atoms with Gasteiger partial charge in [0.2, 0.25) is 0 Å². The molecule has 1 aliphatic carbocycles. The molecule has 0 radical (unpaired) electrons. The van der Waals surface area contributed by atoms with Crippen molar-refractivity contribution in [3.05, 3.63) is 149 Å². The molecule has 60 heavy (non-hydrogen) atoms. The fraction of sp³-hybridized carbons (Fsp3) is 0.321. The van der Waals surface area contributed by atoms with Crippen molar-refractivity contribution in [1.82, 2.24) is 0 Å². The fourth-order valence-corrected chi connectivity index (χ4v) is 11.4. The van der Waals surface area contributed by atoms with Crippen LogP contribution in [0, 0.1) is 0 Å². The molecule has 3 aliphatic rings. The van der Waals surface area contributed by atoms with E-state index in [-0.39, 0.29) is 23.0 Å². The van der Waals surface area contributed by atoms with E-state index in [1.807, 2.05) is 11.3 Å². The smallest absolute Gasteiger partial charge is 0.264 e. The first-order chi connectivity index (χ1) is 28.7. The summed E-state index contributed by atoms with van der Waals surface area (Å²) in [5.74, 6) is 0. The lowest BCUT2D eigenvalue weighted by Gasteiger charge is -2.43. The molecule has 6 aromatic carbocycles. The molecule has 302 valence electrons. The molecule has 2 nitrogen and oxygen atoms in total. The maximum atomic E-state index is 2.63. The van der Waals surface area contributed by atoms with Crippen LogP contribution in [0.15, 0.2) is 115 Å². The van der Waals surface area contributed by atoms with Crippen molar-refractivity contribution >= 4 is 78.0 Å². The number of fused-ring (bicyclic) bond motifs is 7. The van der Waals surface area contributed by atoms with Crippen LogP contribution in [0.4, 0.5) is 34.1 Å². The van der Waals surface area contributed by atoms with Gasteiger partial charge in [-0.2, -0.15) is 0 Å². The lowest BCUT2D eigenvalue weighted by molar-refractivity contribution is 0.506. The average molecular weight is 803 g/mol. The van der Waals surface area contributed by atoms with Gasteiger partial charge in [-0.05, 0) is 153 Å². The zero-order valence-electron chi connectivity index (χ0n) is 37.4. The van der Waals surface area contributed by atoms with E-state index in [0.717, 1.165) is 12.8 Å². The van der Waals surface area contributed by atoms with Gasteiger partial charge in [0.1, 0.15) is 0 Å². The number of thiophene rings is 1. The molecule has 0 fully saturated rings. The van der Waals surface area contributed by atoms with E-state index in [2.05, 4.69) is 194 Å². The van der Waals surface area contributed by atoms with Gasteiger partial charge in [0, 0.05) is 43.2 Å². The largest absolute Gasteiger partial charge is 0.311 e. The molecule has 0 spiro atoms. The average Bonchev–Trinajstić information content (AvgIpc) is 3.87. The van der Waals surface area contributed by atoms with Crippen molar-refractivity contribution in [3.8, 4) is 11.1 Å². The van der Waals surface area contributed by atoms with E-state index in [0.29, 0.717) is 0 Å². The highest BCUT2D eigenvalue weighted by atomic mass is 32.1. The van der Waals surface area contributed by atoms with Crippen molar-refractivity contribution in [3.63, 3.8) is 0 Å². The van der Waals surface area contributed by atoms with Gasteiger partial charge in [-0.1, -0.05) is 130 Å². The molecule has 0 bridgehead atoms. The molecule has 10 rings (SSSR count). The number of hydrogen-bond acceptors (Lipinski definition) is 3. The molecule has 0 unspecified atom stereocenters. The number of aryl methyl sites for hydroxylation is 3. The summed E-state index contributed by atoms with van der Waals surface area (Å²) in [5.41, 5.74) is 21.7. The molecular formula is C56H59BN2S. The van der Waals surface area contributed by atoms with Crippen LogP contribution in [-0.4, -0.2) is 6.71 Å². The second-order valence-electron chi connectivity index (χ2n) is 20.4.